The smallest absolute Gasteiger partial charge is 0.145 e. The van der Waals surface area contributed by atoms with Crippen LogP contribution in [0.1, 0.15) is 12.0 Å². The molecule has 2 aliphatic rings. The number of nitrogens with zero attached hydrogens (tertiary/aromatic N) is 1. The summed E-state index contributed by atoms with van der Waals surface area (Å²) >= 11 is 0. The van der Waals surface area contributed by atoms with Crippen molar-refractivity contribution in [3.8, 4) is 5.75 Å². The van der Waals surface area contributed by atoms with Crippen LogP contribution in [-0.2, 0) is 0 Å². The Kier molecular flexibility index (Phi) is 2.69. The van der Waals surface area contributed by atoms with Crippen molar-refractivity contribution in [3.63, 3.8) is 0 Å². The summed E-state index contributed by atoms with van der Waals surface area (Å²) < 4.78 is 5.28. The van der Waals surface area contributed by atoms with Crippen LogP contribution >= 0.6 is 0 Å². The molecule has 1 aliphatic heterocycles. The zero-order chi connectivity index (χ0) is 11.7. The number of pyridine rings is 1. The van der Waals surface area contributed by atoms with Crippen LogP contribution in [-0.4, -0.2) is 18.1 Å². The van der Waals surface area contributed by atoms with E-state index < -0.39 is 0 Å². The molecule has 1 saturated heterocycles. The first kappa shape index (κ1) is 10.5. The number of rotatable bonds is 3. The van der Waals surface area contributed by atoms with E-state index in [1.54, 1.807) is 6.20 Å². The van der Waals surface area contributed by atoms with Gasteiger partial charge in [0.05, 0.1) is 12.5 Å². The third kappa shape index (κ3) is 1.87. The highest BCUT2D eigenvalue weighted by Gasteiger charge is 2.34. The lowest BCUT2D eigenvalue weighted by molar-refractivity contribution is 0.480. The van der Waals surface area contributed by atoms with E-state index in [0.717, 1.165) is 24.8 Å². The van der Waals surface area contributed by atoms with E-state index in [-0.39, 0.29) is 0 Å². The highest BCUT2D eigenvalue weighted by molar-refractivity contribution is 5.70. The van der Waals surface area contributed by atoms with Gasteiger partial charge in [-0.25, -0.2) is 0 Å². The number of ether oxygens (including phenoxy) is 1. The van der Waals surface area contributed by atoms with Crippen molar-refractivity contribution in [1.82, 2.24) is 10.3 Å². The van der Waals surface area contributed by atoms with Gasteiger partial charge in [-0.2, -0.15) is 0 Å². The molecule has 1 fully saturated rings. The van der Waals surface area contributed by atoms with E-state index in [1.807, 2.05) is 12.3 Å². The van der Waals surface area contributed by atoms with Crippen LogP contribution in [0.15, 0.2) is 37.4 Å². The minimum atomic E-state index is 0.649. The lowest BCUT2D eigenvalue weighted by Gasteiger charge is -2.13. The van der Waals surface area contributed by atoms with Gasteiger partial charge in [0.15, 0.2) is 0 Å². The van der Waals surface area contributed by atoms with Gasteiger partial charge in [0.25, 0.3) is 0 Å². The number of allylic oxidation sites excluding steroid dienone is 1. The largest absolute Gasteiger partial charge is 0.464 e. The lowest BCUT2D eigenvalue weighted by Crippen LogP contribution is -2.10. The number of hydrogen-bond acceptors (Lipinski definition) is 3. The average molecular weight is 228 g/mol. The van der Waals surface area contributed by atoms with Crippen molar-refractivity contribution >= 4 is 5.57 Å². The van der Waals surface area contributed by atoms with E-state index in [2.05, 4.69) is 23.0 Å². The van der Waals surface area contributed by atoms with Crippen molar-refractivity contribution < 1.29 is 4.74 Å². The summed E-state index contributed by atoms with van der Waals surface area (Å²) in [5.41, 5.74) is 2.60. The molecule has 0 spiro atoms. The second-order valence-electron chi connectivity index (χ2n) is 4.61. The molecule has 3 nitrogen and oxygen atoms in total. The molecule has 0 amide bonds. The fraction of sp³-hybridized carbons (Fsp3) is 0.357. The molecule has 3 heteroatoms. The van der Waals surface area contributed by atoms with Gasteiger partial charge < -0.3 is 10.1 Å². The molecule has 17 heavy (non-hydrogen) atoms. The molecule has 0 saturated carbocycles. The molecule has 0 aromatic carbocycles. The fourth-order valence-corrected chi connectivity index (χ4v) is 2.84. The van der Waals surface area contributed by atoms with Crippen molar-refractivity contribution in [1.29, 1.82) is 0 Å². The average Bonchev–Trinajstić information content (AvgIpc) is 2.91. The van der Waals surface area contributed by atoms with Crippen molar-refractivity contribution in [2.45, 2.75) is 6.42 Å². The Morgan fingerprint density at radius 2 is 2.35 bits per heavy atom. The zero-order valence-corrected chi connectivity index (χ0v) is 9.73. The molecule has 3 rings (SSSR count). The van der Waals surface area contributed by atoms with Crippen LogP contribution in [0.4, 0.5) is 0 Å². The number of nitrogens with one attached hydrogen (secondary N) is 1. The first-order valence-corrected chi connectivity index (χ1v) is 6.02. The summed E-state index contributed by atoms with van der Waals surface area (Å²) in [6.07, 6.45) is 8.60. The zero-order valence-electron chi connectivity index (χ0n) is 9.73. The molecule has 0 radical (unpaired) electrons. The molecule has 1 aliphatic carbocycles. The monoisotopic (exact) mass is 228 g/mol. The van der Waals surface area contributed by atoms with Gasteiger partial charge in [0, 0.05) is 18.7 Å². The summed E-state index contributed by atoms with van der Waals surface area (Å²) in [6, 6.07) is 2.04. The van der Waals surface area contributed by atoms with E-state index in [9.17, 15) is 0 Å². The van der Waals surface area contributed by atoms with Gasteiger partial charge in [-0.1, -0.05) is 12.7 Å². The Balaban J connectivity index is 1.88. The highest BCUT2D eigenvalue weighted by Crippen LogP contribution is 2.40. The van der Waals surface area contributed by atoms with Gasteiger partial charge in [0.2, 0.25) is 0 Å². The van der Waals surface area contributed by atoms with E-state index >= 15 is 0 Å². The van der Waals surface area contributed by atoms with Crippen molar-refractivity contribution in [2.24, 2.45) is 11.8 Å². The molecule has 2 unspecified atom stereocenters. The molecule has 2 atom stereocenters. The standard InChI is InChI=1S/C14H16N2O/c1-2-17-12-5-11(7-15-8-12)13-4-3-10-6-16-9-14(10)13/h2,4-5,7-8,10,14,16H,1,3,6,9H2. The molecule has 0 bridgehead atoms. The van der Waals surface area contributed by atoms with E-state index in [4.69, 9.17) is 4.74 Å². The maximum atomic E-state index is 5.28. The minimum absolute atomic E-state index is 0.649. The van der Waals surface area contributed by atoms with Gasteiger partial charge >= 0.3 is 0 Å². The van der Waals surface area contributed by atoms with Crippen LogP contribution in [0.2, 0.25) is 0 Å². The minimum Gasteiger partial charge on any atom is -0.464 e. The summed E-state index contributed by atoms with van der Waals surface area (Å²) in [5.74, 6) is 2.18. The van der Waals surface area contributed by atoms with E-state index in [1.165, 1.54) is 23.8 Å². The Morgan fingerprint density at radius 3 is 3.24 bits per heavy atom. The SMILES string of the molecule is C=COc1cncc(C2=CCC3CNCC23)c1. The predicted octanol–water partition coefficient (Wildman–Crippen LogP) is 2.23. The topological polar surface area (TPSA) is 34.1 Å². The van der Waals surface area contributed by atoms with Crippen LogP contribution in [0.25, 0.3) is 5.57 Å². The predicted molar refractivity (Wildman–Crippen MR) is 67.5 cm³/mol. The molecular weight excluding hydrogens is 212 g/mol. The van der Waals surface area contributed by atoms with Gasteiger partial charge in [-0.05, 0) is 36.1 Å². The number of fused-ring (bicyclic) bond motifs is 1. The second-order valence-corrected chi connectivity index (χ2v) is 4.61. The Bertz CT molecular complexity index is 467. The molecule has 88 valence electrons. The molecule has 1 aromatic rings. The maximum absolute atomic E-state index is 5.28. The highest BCUT2D eigenvalue weighted by atomic mass is 16.5. The molecule has 1 N–H and O–H groups in total. The summed E-state index contributed by atoms with van der Waals surface area (Å²) in [7, 11) is 0. The Morgan fingerprint density at radius 1 is 1.41 bits per heavy atom. The third-order valence-electron chi connectivity index (χ3n) is 3.65. The summed E-state index contributed by atoms with van der Waals surface area (Å²) in [6.45, 7) is 5.79. The molecular formula is C14H16N2O. The van der Waals surface area contributed by atoms with Crippen molar-refractivity contribution in [2.75, 3.05) is 13.1 Å². The Labute approximate surface area is 101 Å². The first-order valence-electron chi connectivity index (χ1n) is 6.02. The van der Waals surface area contributed by atoms with Crippen LogP contribution in [0, 0.1) is 11.8 Å². The fourth-order valence-electron chi connectivity index (χ4n) is 2.84. The maximum Gasteiger partial charge on any atom is 0.145 e. The first-order chi connectivity index (χ1) is 8.38. The molecule has 2 heterocycles. The quantitative estimate of drug-likeness (QED) is 0.805. The Hall–Kier alpha value is -1.61. The normalized spacial score (nSPS) is 26.5. The van der Waals surface area contributed by atoms with Crippen LogP contribution in [0.5, 0.6) is 5.75 Å². The third-order valence-corrected chi connectivity index (χ3v) is 3.65. The second kappa shape index (κ2) is 4.34. The van der Waals surface area contributed by atoms with Gasteiger partial charge in [0.1, 0.15) is 5.75 Å². The van der Waals surface area contributed by atoms with Gasteiger partial charge in [-0.3, -0.25) is 4.98 Å². The number of aromatic nitrogens is 1. The number of hydrogen-bond donors (Lipinski definition) is 1. The van der Waals surface area contributed by atoms with Crippen LogP contribution in [0.3, 0.4) is 0 Å². The molecule has 1 aromatic heterocycles. The van der Waals surface area contributed by atoms with E-state index in [0.29, 0.717) is 5.92 Å². The van der Waals surface area contributed by atoms with Gasteiger partial charge in [-0.15, -0.1) is 0 Å². The van der Waals surface area contributed by atoms with Crippen molar-refractivity contribution in [3.05, 3.63) is 42.9 Å². The summed E-state index contributed by atoms with van der Waals surface area (Å²) in [4.78, 5) is 4.23. The van der Waals surface area contributed by atoms with Crippen LogP contribution < -0.4 is 10.1 Å². The lowest BCUT2D eigenvalue weighted by atomic mass is 9.91. The summed E-state index contributed by atoms with van der Waals surface area (Å²) in [5, 5.41) is 3.46.